The molecule has 4 atom stereocenters. The highest BCUT2D eigenvalue weighted by molar-refractivity contribution is 5.18. The second kappa shape index (κ2) is 9.05. The third kappa shape index (κ3) is 5.56. The van der Waals surface area contributed by atoms with Crippen molar-refractivity contribution in [2.24, 2.45) is 11.5 Å². The average Bonchev–Trinajstić information content (AvgIpc) is 2.50. The Bertz CT molecular complexity index is 351. The Morgan fingerprint density at radius 2 is 1.75 bits per heavy atom. The van der Waals surface area contributed by atoms with Gasteiger partial charge in [0.05, 0.1) is 24.9 Å². The summed E-state index contributed by atoms with van der Waals surface area (Å²) >= 11 is 0. The van der Waals surface area contributed by atoms with E-state index in [0.29, 0.717) is 0 Å². The quantitative estimate of drug-likeness (QED) is 0.547. The van der Waals surface area contributed by atoms with Crippen molar-refractivity contribution in [2.75, 3.05) is 6.61 Å². The highest BCUT2D eigenvalue weighted by Crippen LogP contribution is 2.16. The molecule has 5 heteroatoms. The number of aliphatic hydroxyl groups excluding tert-OH is 3. The van der Waals surface area contributed by atoms with Gasteiger partial charge in [-0.25, -0.2) is 0 Å². The molecule has 1 aromatic rings. The lowest BCUT2D eigenvalue weighted by molar-refractivity contribution is 0.108. The van der Waals surface area contributed by atoms with E-state index in [4.69, 9.17) is 21.7 Å². The summed E-state index contributed by atoms with van der Waals surface area (Å²) in [6.07, 6.45) is 3.25. The SMILES string of the molecule is NC(CO)C(O)c1ccccc1.NC1CCCCC1O. The first-order valence-corrected chi connectivity index (χ1v) is 7.09. The van der Waals surface area contributed by atoms with Gasteiger partial charge in [-0.15, -0.1) is 0 Å². The van der Waals surface area contributed by atoms with Gasteiger partial charge < -0.3 is 26.8 Å². The van der Waals surface area contributed by atoms with Gasteiger partial charge in [0.1, 0.15) is 0 Å². The fourth-order valence-electron chi connectivity index (χ4n) is 2.14. The van der Waals surface area contributed by atoms with Crippen LogP contribution in [-0.2, 0) is 0 Å². The molecule has 0 saturated heterocycles. The van der Waals surface area contributed by atoms with Gasteiger partial charge in [0, 0.05) is 6.04 Å². The molecule has 1 aromatic carbocycles. The molecule has 1 aliphatic carbocycles. The van der Waals surface area contributed by atoms with Gasteiger partial charge in [-0.2, -0.15) is 0 Å². The molecule has 0 bridgehead atoms. The van der Waals surface area contributed by atoms with Gasteiger partial charge in [0.25, 0.3) is 0 Å². The molecule has 0 aliphatic heterocycles. The molecule has 1 aliphatic rings. The van der Waals surface area contributed by atoms with E-state index in [1.54, 1.807) is 12.1 Å². The third-order valence-electron chi connectivity index (χ3n) is 3.54. The van der Waals surface area contributed by atoms with Crippen LogP contribution >= 0.6 is 0 Å². The number of hydrogen-bond donors (Lipinski definition) is 5. The van der Waals surface area contributed by atoms with Crippen molar-refractivity contribution >= 4 is 0 Å². The molecule has 4 unspecified atom stereocenters. The Balaban J connectivity index is 0.000000217. The van der Waals surface area contributed by atoms with Crippen LogP contribution in [0.15, 0.2) is 30.3 Å². The van der Waals surface area contributed by atoms with Gasteiger partial charge in [-0.3, -0.25) is 0 Å². The lowest BCUT2D eigenvalue weighted by Gasteiger charge is -2.23. The van der Waals surface area contributed by atoms with E-state index in [0.717, 1.165) is 24.8 Å². The average molecular weight is 282 g/mol. The van der Waals surface area contributed by atoms with Crippen LogP contribution in [0.5, 0.6) is 0 Å². The van der Waals surface area contributed by atoms with Crippen molar-refractivity contribution < 1.29 is 15.3 Å². The van der Waals surface area contributed by atoms with Gasteiger partial charge >= 0.3 is 0 Å². The van der Waals surface area contributed by atoms with Crippen LogP contribution in [0.1, 0.15) is 37.4 Å². The van der Waals surface area contributed by atoms with E-state index in [-0.39, 0.29) is 18.8 Å². The Hall–Kier alpha value is -0.980. The Labute approximate surface area is 120 Å². The molecule has 7 N–H and O–H groups in total. The number of hydrogen-bond acceptors (Lipinski definition) is 5. The minimum Gasteiger partial charge on any atom is -0.395 e. The second-order valence-electron chi connectivity index (χ2n) is 5.22. The molecule has 5 nitrogen and oxygen atoms in total. The van der Waals surface area contributed by atoms with Gasteiger partial charge in [0.2, 0.25) is 0 Å². The van der Waals surface area contributed by atoms with E-state index >= 15 is 0 Å². The maximum absolute atomic E-state index is 9.50. The van der Waals surface area contributed by atoms with Crippen LogP contribution in [0.25, 0.3) is 0 Å². The smallest absolute Gasteiger partial charge is 0.0963 e. The van der Waals surface area contributed by atoms with Gasteiger partial charge in [-0.1, -0.05) is 43.2 Å². The zero-order valence-corrected chi connectivity index (χ0v) is 11.7. The zero-order valence-electron chi connectivity index (χ0n) is 11.7. The molecule has 1 fully saturated rings. The first-order valence-electron chi connectivity index (χ1n) is 7.09. The summed E-state index contributed by atoms with van der Waals surface area (Å²) in [5.74, 6) is 0. The van der Waals surface area contributed by atoms with Crippen molar-refractivity contribution in [3.63, 3.8) is 0 Å². The first-order chi connectivity index (χ1) is 9.56. The number of rotatable bonds is 3. The molecule has 0 amide bonds. The Morgan fingerprint density at radius 1 is 1.15 bits per heavy atom. The van der Waals surface area contributed by atoms with Crippen LogP contribution in [0, 0.1) is 0 Å². The van der Waals surface area contributed by atoms with E-state index in [1.165, 1.54) is 6.42 Å². The molecule has 0 heterocycles. The molecule has 20 heavy (non-hydrogen) atoms. The number of benzene rings is 1. The van der Waals surface area contributed by atoms with E-state index in [1.807, 2.05) is 18.2 Å². The molecule has 0 radical (unpaired) electrons. The zero-order chi connectivity index (χ0) is 15.0. The largest absolute Gasteiger partial charge is 0.395 e. The minimum absolute atomic E-state index is 0.0590. The predicted molar refractivity (Wildman–Crippen MR) is 78.9 cm³/mol. The van der Waals surface area contributed by atoms with Gasteiger partial charge in [0.15, 0.2) is 0 Å². The predicted octanol–water partition coefficient (Wildman–Crippen LogP) is 0.288. The molecule has 0 aromatic heterocycles. The highest BCUT2D eigenvalue weighted by Gasteiger charge is 2.18. The molecular formula is C15H26N2O3. The first kappa shape index (κ1) is 17.1. The van der Waals surface area contributed by atoms with E-state index in [2.05, 4.69) is 0 Å². The van der Waals surface area contributed by atoms with Crippen molar-refractivity contribution in [2.45, 2.75) is 50.0 Å². The summed E-state index contributed by atoms with van der Waals surface area (Å²) in [6, 6.07) is 8.52. The molecule has 1 saturated carbocycles. The van der Waals surface area contributed by atoms with Crippen LogP contribution in [0.4, 0.5) is 0 Å². The van der Waals surface area contributed by atoms with Crippen molar-refractivity contribution in [3.8, 4) is 0 Å². The fraction of sp³-hybridized carbons (Fsp3) is 0.600. The normalized spacial score (nSPS) is 25.2. The van der Waals surface area contributed by atoms with Crippen LogP contribution in [0.2, 0.25) is 0 Å². The maximum atomic E-state index is 9.50. The topological polar surface area (TPSA) is 113 Å². The molecular weight excluding hydrogens is 256 g/mol. The van der Waals surface area contributed by atoms with Gasteiger partial charge in [-0.05, 0) is 18.4 Å². The summed E-state index contributed by atoms with van der Waals surface area (Å²) in [6.45, 7) is -0.212. The minimum atomic E-state index is -0.781. The lowest BCUT2D eigenvalue weighted by atomic mass is 9.94. The monoisotopic (exact) mass is 282 g/mol. The summed E-state index contributed by atoms with van der Waals surface area (Å²) < 4.78 is 0. The van der Waals surface area contributed by atoms with Crippen molar-refractivity contribution in [3.05, 3.63) is 35.9 Å². The maximum Gasteiger partial charge on any atom is 0.0963 e. The standard InChI is InChI=1S/C9H13NO2.C6H13NO/c10-8(6-11)9(12)7-4-2-1-3-5-7;7-5-3-1-2-4-6(5)8/h1-5,8-9,11-12H,6,10H2;5-6,8H,1-4,7H2. The highest BCUT2D eigenvalue weighted by atomic mass is 16.3. The lowest BCUT2D eigenvalue weighted by Crippen LogP contribution is -2.37. The summed E-state index contributed by atoms with van der Waals surface area (Å²) in [7, 11) is 0. The van der Waals surface area contributed by atoms with E-state index < -0.39 is 12.1 Å². The Morgan fingerprint density at radius 3 is 2.20 bits per heavy atom. The summed E-state index contributed by atoms with van der Waals surface area (Å²) in [4.78, 5) is 0. The fourth-order valence-corrected chi connectivity index (χ4v) is 2.14. The number of aliphatic hydroxyl groups is 3. The molecule has 0 spiro atoms. The second-order valence-corrected chi connectivity index (χ2v) is 5.22. The van der Waals surface area contributed by atoms with E-state index in [9.17, 15) is 5.11 Å². The number of nitrogens with two attached hydrogens (primary N) is 2. The summed E-state index contributed by atoms with van der Waals surface area (Å²) in [5, 5.41) is 27.2. The summed E-state index contributed by atoms with van der Waals surface area (Å²) in [5.41, 5.74) is 11.7. The van der Waals surface area contributed by atoms with Crippen molar-refractivity contribution in [1.82, 2.24) is 0 Å². The molecule has 2 rings (SSSR count). The van der Waals surface area contributed by atoms with Crippen LogP contribution < -0.4 is 11.5 Å². The third-order valence-corrected chi connectivity index (χ3v) is 3.54. The van der Waals surface area contributed by atoms with Crippen LogP contribution in [-0.4, -0.2) is 40.1 Å². The van der Waals surface area contributed by atoms with Crippen molar-refractivity contribution in [1.29, 1.82) is 0 Å². The Kier molecular flexibility index (Phi) is 7.72. The van der Waals surface area contributed by atoms with Crippen LogP contribution in [0.3, 0.4) is 0 Å². The molecule has 114 valence electrons.